The Bertz CT molecular complexity index is 396. The van der Waals surface area contributed by atoms with Crippen LogP contribution in [-0.4, -0.2) is 9.97 Å². The number of halogens is 1. The average Bonchev–Trinajstić information content (AvgIpc) is 2.27. The molecule has 0 bridgehead atoms. The largest absolute Gasteiger partial charge is 0.329 e. The van der Waals surface area contributed by atoms with Gasteiger partial charge in [0.15, 0.2) is 0 Å². The normalized spacial score (nSPS) is 10.7. The van der Waals surface area contributed by atoms with Crippen LogP contribution in [-0.2, 0) is 0 Å². The highest BCUT2D eigenvalue weighted by Crippen LogP contribution is 2.12. The number of H-pyrrole nitrogens is 1. The van der Waals surface area contributed by atoms with E-state index in [0.29, 0.717) is 5.28 Å². The van der Waals surface area contributed by atoms with Gasteiger partial charge in [0.05, 0.1) is 11.0 Å². The number of rotatable bonds is 0. The smallest absolute Gasteiger partial charge is 0.201 e. The van der Waals surface area contributed by atoms with E-state index in [9.17, 15) is 0 Å². The van der Waals surface area contributed by atoms with E-state index in [-0.39, 0.29) is 0 Å². The van der Waals surface area contributed by atoms with Crippen LogP contribution in [0.3, 0.4) is 0 Å². The molecule has 0 aliphatic heterocycles. The van der Waals surface area contributed by atoms with E-state index in [1.807, 2.05) is 18.2 Å². The van der Waals surface area contributed by atoms with Gasteiger partial charge in [0.25, 0.3) is 0 Å². The predicted molar refractivity (Wildman–Crippen MR) is 50.4 cm³/mol. The Balaban J connectivity index is 2.82. The van der Waals surface area contributed by atoms with Gasteiger partial charge in [-0.05, 0) is 29.0 Å². The van der Waals surface area contributed by atoms with E-state index in [0.717, 1.165) is 16.3 Å². The first-order chi connectivity index (χ1) is 5.25. The average molecular weight is 185 g/mol. The van der Waals surface area contributed by atoms with Crippen LogP contribution in [0.15, 0.2) is 18.2 Å². The second kappa shape index (κ2) is 2.47. The summed E-state index contributed by atoms with van der Waals surface area (Å²) in [6.07, 6.45) is 0. The summed E-state index contributed by atoms with van der Waals surface area (Å²) in [4.78, 5) is 7.00. The third-order valence-corrected chi connectivity index (χ3v) is 2.02. The number of aromatic nitrogens is 2. The second-order valence-electron chi connectivity index (χ2n) is 2.30. The van der Waals surface area contributed by atoms with Gasteiger partial charge in [-0.2, -0.15) is 0 Å². The van der Waals surface area contributed by atoms with Crippen molar-refractivity contribution < 1.29 is 0 Å². The van der Waals surface area contributed by atoms with E-state index in [2.05, 4.69) is 19.2 Å². The van der Waals surface area contributed by atoms with Crippen molar-refractivity contribution in [2.75, 3.05) is 0 Å². The summed E-state index contributed by atoms with van der Waals surface area (Å²) in [7, 11) is 2.62. The minimum Gasteiger partial charge on any atom is -0.329 e. The molecule has 1 unspecified atom stereocenters. The van der Waals surface area contributed by atoms with Crippen molar-refractivity contribution in [1.29, 1.82) is 0 Å². The topological polar surface area (TPSA) is 28.7 Å². The number of hydrogen-bond acceptors (Lipinski definition) is 1. The van der Waals surface area contributed by atoms with Gasteiger partial charge in [0.2, 0.25) is 5.28 Å². The molecule has 1 heterocycles. The lowest BCUT2D eigenvalue weighted by Gasteiger charge is -1.88. The van der Waals surface area contributed by atoms with Crippen LogP contribution >= 0.6 is 20.8 Å². The first-order valence-corrected chi connectivity index (χ1v) is 4.12. The van der Waals surface area contributed by atoms with Crippen LogP contribution in [0.25, 0.3) is 11.0 Å². The van der Waals surface area contributed by atoms with Crippen LogP contribution in [0.4, 0.5) is 0 Å². The van der Waals surface area contributed by atoms with E-state index in [1.165, 1.54) is 0 Å². The Kier molecular flexibility index (Phi) is 1.59. The van der Waals surface area contributed by atoms with Crippen molar-refractivity contribution in [2.24, 2.45) is 0 Å². The fourth-order valence-electron chi connectivity index (χ4n) is 0.996. The Labute approximate surface area is 71.2 Å². The number of fused-ring (bicyclic) bond motifs is 1. The molecule has 11 heavy (non-hydrogen) atoms. The molecule has 0 saturated heterocycles. The monoisotopic (exact) mass is 184 g/mol. The molecule has 0 saturated carbocycles. The lowest BCUT2D eigenvalue weighted by Crippen LogP contribution is -1.86. The third-order valence-electron chi connectivity index (χ3n) is 1.48. The maximum absolute atomic E-state index is 5.66. The summed E-state index contributed by atoms with van der Waals surface area (Å²) in [5.41, 5.74) is 1.88. The molecule has 0 aliphatic carbocycles. The molecule has 0 amide bonds. The van der Waals surface area contributed by atoms with Crippen LogP contribution < -0.4 is 5.30 Å². The number of imidazole rings is 1. The third kappa shape index (κ3) is 1.24. The van der Waals surface area contributed by atoms with Gasteiger partial charge in [-0.1, -0.05) is 6.07 Å². The molecular formula is C7H6ClN2P. The summed E-state index contributed by atoms with van der Waals surface area (Å²) >= 11 is 5.66. The van der Waals surface area contributed by atoms with E-state index in [1.54, 1.807) is 0 Å². The molecule has 0 radical (unpaired) electrons. The molecule has 1 atom stereocenters. The zero-order valence-electron chi connectivity index (χ0n) is 5.63. The first-order valence-electron chi connectivity index (χ1n) is 3.16. The zero-order chi connectivity index (χ0) is 7.84. The van der Waals surface area contributed by atoms with Gasteiger partial charge in [-0.3, -0.25) is 0 Å². The molecule has 4 heteroatoms. The number of nitrogens with zero attached hydrogens (tertiary/aromatic N) is 1. The summed E-state index contributed by atoms with van der Waals surface area (Å²) in [5, 5.41) is 1.56. The summed E-state index contributed by atoms with van der Waals surface area (Å²) in [6, 6.07) is 5.89. The highest BCUT2D eigenvalue weighted by atomic mass is 35.5. The fourth-order valence-corrected chi connectivity index (χ4v) is 1.45. The standard InChI is InChI=1S/C7H6ClN2P/c8-7-9-5-2-1-4(11)3-6(5)10-7/h1-3H,11H2,(H,9,10). The first kappa shape index (κ1) is 7.08. The molecule has 1 aromatic heterocycles. The number of nitrogens with one attached hydrogen (secondary N) is 1. The summed E-state index contributed by atoms with van der Waals surface area (Å²) in [5.74, 6) is 0. The highest BCUT2D eigenvalue weighted by molar-refractivity contribution is 7.27. The number of benzene rings is 1. The van der Waals surface area contributed by atoms with Gasteiger partial charge in [-0.25, -0.2) is 4.98 Å². The molecular weight excluding hydrogens is 179 g/mol. The molecule has 2 aromatic rings. The molecule has 56 valence electrons. The Morgan fingerprint density at radius 2 is 2.27 bits per heavy atom. The molecule has 0 aliphatic rings. The second-order valence-corrected chi connectivity index (χ2v) is 3.33. The van der Waals surface area contributed by atoms with E-state index < -0.39 is 0 Å². The van der Waals surface area contributed by atoms with Crippen molar-refractivity contribution >= 4 is 37.2 Å². The molecule has 1 aromatic carbocycles. The molecule has 0 spiro atoms. The lowest BCUT2D eigenvalue weighted by atomic mass is 10.3. The van der Waals surface area contributed by atoms with Crippen LogP contribution in [0.2, 0.25) is 5.28 Å². The van der Waals surface area contributed by atoms with Crippen molar-refractivity contribution in [1.82, 2.24) is 9.97 Å². The van der Waals surface area contributed by atoms with Gasteiger partial charge in [0.1, 0.15) is 0 Å². The van der Waals surface area contributed by atoms with E-state index in [4.69, 9.17) is 11.6 Å². The quantitative estimate of drug-likeness (QED) is 0.621. The van der Waals surface area contributed by atoms with Gasteiger partial charge < -0.3 is 4.98 Å². The van der Waals surface area contributed by atoms with Gasteiger partial charge in [0, 0.05) is 0 Å². The minimum absolute atomic E-state index is 0.440. The maximum atomic E-state index is 5.66. The molecule has 2 rings (SSSR count). The summed E-state index contributed by atoms with van der Waals surface area (Å²) in [6.45, 7) is 0. The Morgan fingerprint density at radius 3 is 3.09 bits per heavy atom. The lowest BCUT2D eigenvalue weighted by molar-refractivity contribution is 1.34. The number of aromatic amines is 1. The van der Waals surface area contributed by atoms with Crippen molar-refractivity contribution in [2.45, 2.75) is 0 Å². The number of hydrogen-bond donors (Lipinski definition) is 1. The molecule has 0 fully saturated rings. The van der Waals surface area contributed by atoms with Crippen LogP contribution in [0.1, 0.15) is 0 Å². The molecule has 2 nitrogen and oxygen atoms in total. The van der Waals surface area contributed by atoms with Crippen molar-refractivity contribution in [3.8, 4) is 0 Å². The van der Waals surface area contributed by atoms with Crippen molar-refractivity contribution in [3.05, 3.63) is 23.5 Å². The fraction of sp³-hybridized carbons (Fsp3) is 0. The Morgan fingerprint density at radius 1 is 1.45 bits per heavy atom. The minimum atomic E-state index is 0.440. The highest BCUT2D eigenvalue weighted by Gasteiger charge is 1.98. The predicted octanol–water partition coefficient (Wildman–Crippen LogP) is 1.72. The van der Waals surface area contributed by atoms with E-state index >= 15 is 0 Å². The van der Waals surface area contributed by atoms with Gasteiger partial charge in [-0.15, -0.1) is 9.24 Å². The summed E-state index contributed by atoms with van der Waals surface area (Å²) < 4.78 is 0. The van der Waals surface area contributed by atoms with Crippen LogP contribution in [0, 0.1) is 0 Å². The maximum Gasteiger partial charge on any atom is 0.201 e. The Hall–Kier alpha value is -0.590. The SMILES string of the molecule is Pc1ccc2nc(Cl)[nH]c2c1. The molecule has 1 N–H and O–H groups in total. The zero-order valence-corrected chi connectivity index (χ0v) is 7.55. The van der Waals surface area contributed by atoms with Crippen LogP contribution in [0.5, 0.6) is 0 Å². The van der Waals surface area contributed by atoms with Gasteiger partial charge >= 0.3 is 0 Å². The van der Waals surface area contributed by atoms with Crippen molar-refractivity contribution in [3.63, 3.8) is 0 Å².